The zero-order valence-electron chi connectivity index (χ0n) is 10.3. The fourth-order valence-electron chi connectivity index (χ4n) is 1.68. The van der Waals surface area contributed by atoms with E-state index in [2.05, 4.69) is 10.3 Å². The minimum atomic E-state index is -0.572. The number of carbonyl (C=O) groups excluding carboxylic acids is 1. The van der Waals surface area contributed by atoms with Crippen LogP contribution in [0.5, 0.6) is 0 Å². The van der Waals surface area contributed by atoms with Crippen molar-refractivity contribution < 1.29 is 9.18 Å². The number of nitrogen functional groups attached to an aromatic ring is 1. The smallest absolute Gasteiger partial charge is 0.224 e. The Bertz CT molecular complexity index is 569. The zero-order valence-corrected chi connectivity index (χ0v) is 10.3. The molecule has 1 aromatic heterocycles. The van der Waals surface area contributed by atoms with Crippen LogP contribution in [0.2, 0.25) is 0 Å². The summed E-state index contributed by atoms with van der Waals surface area (Å²) in [5.74, 6) is -0.714. The summed E-state index contributed by atoms with van der Waals surface area (Å²) in [7, 11) is 0. The maximum atomic E-state index is 12.6. The van der Waals surface area contributed by atoms with Gasteiger partial charge in [0.05, 0.1) is 11.9 Å². The monoisotopic (exact) mass is 259 g/mol. The van der Waals surface area contributed by atoms with E-state index >= 15 is 0 Å². The molecule has 19 heavy (non-hydrogen) atoms. The third kappa shape index (κ3) is 4.06. The number of hydrogen-bond acceptors (Lipinski definition) is 3. The van der Waals surface area contributed by atoms with Crippen LogP contribution < -0.4 is 11.1 Å². The van der Waals surface area contributed by atoms with Crippen molar-refractivity contribution in [3.63, 3.8) is 0 Å². The van der Waals surface area contributed by atoms with E-state index in [0.717, 1.165) is 5.56 Å². The van der Waals surface area contributed by atoms with Crippen molar-refractivity contribution >= 4 is 17.3 Å². The first kappa shape index (κ1) is 13.0. The quantitative estimate of drug-likeness (QED) is 0.654. The summed E-state index contributed by atoms with van der Waals surface area (Å²) >= 11 is 0. The number of nitrogens with zero attached hydrogens (tertiary/aromatic N) is 1. The summed E-state index contributed by atoms with van der Waals surface area (Å²) in [5, 5.41) is 2.65. The van der Waals surface area contributed by atoms with Gasteiger partial charge >= 0.3 is 0 Å². The molecule has 0 aliphatic rings. The Hall–Kier alpha value is -2.43. The van der Waals surface area contributed by atoms with Crippen LogP contribution in [0, 0.1) is 5.95 Å². The molecule has 0 saturated carbocycles. The van der Waals surface area contributed by atoms with Crippen LogP contribution in [0.3, 0.4) is 0 Å². The van der Waals surface area contributed by atoms with Gasteiger partial charge in [0.25, 0.3) is 0 Å². The van der Waals surface area contributed by atoms with Crippen LogP contribution in [-0.4, -0.2) is 10.9 Å². The highest BCUT2D eigenvalue weighted by molar-refractivity contribution is 5.90. The predicted molar refractivity (Wildman–Crippen MR) is 72.0 cm³/mol. The van der Waals surface area contributed by atoms with E-state index in [1.165, 1.54) is 18.3 Å². The minimum absolute atomic E-state index is 0.143. The molecule has 0 spiro atoms. The Morgan fingerprint density at radius 2 is 2.16 bits per heavy atom. The van der Waals surface area contributed by atoms with E-state index in [1.54, 1.807) is 6.07 Å². The molecule has 3 N–H and O–H groups in total. The van der Waals surface area contributed by atoms with E-state index in [9.17, 15) is 9.18 Å². The second kappa shape index (κ2) is 5.95. The molecule has 0 bridgehead atoms. The molecule has 5 heteroatoms. The number of hydrogen-bond donors (Lipinski definition) is 2. The maximum Gasteiger partial charge on any atom is 0.224 e. The molecule has 1 heterocycles. The van der Waals surface area contributed by atoms with Crippen LogP contribution in [-0.2, 0) is 11.2 Å². The summed E-state index contributed by atoms with van der Waals surface area (Å²) < 4.78 is 12.6. The lowest BCUT2D eigenvalue weighted by atomic mass is 10.1. The highest BCUT2D eigenvalue weighted by atomic mass is 19.1. The minimum Gasteiger partial charge on any atom is -0.399 e. The van der Waals surface area contributed by atoms with Gasteiger partial charge in [0.1, 0.15) is 0 Å². The first-order chi connectivity index (χ1) is 9.13. The van der Waals surface area contributed by atoms with E-state index in [0.29, 0.717) is 24.2 Å². The maximum absolute atomic E-state index is 12.6. The molecule has 2 rings (SSSR count). The zero-order chi connectivity index (χ0) is 13.7. The highest BCUT2D eigenvalue weighted by Crippen LogP contribution is 2.10. The third-order valence-corrected chi connectivity index (χ3v) is 2.60. The lowest BCUT2D eigenvalue weighted by Crippen LogP contribution is -2.12. The molecular formula is C14H14FN3O. The summed E-state index contributed by atoms with van der Waals surface area (Å²) in [4.78, 5) is 15.2. The number of rotatable bonds is 4. The Labute approximate surface area is 110 Å². The van der Waals surface area contributed by atoms with Crippen molar-refractivity contribution in [1.29, 1.82) is 0 Å². The molecule has 4 nitrogen and oxygen atoms in total. The lowest BCUT2D eigenvalue weighted by Gasteiger charge is -2.05. The van der Waals surface area contributed by atoms with Crippen molar-refractivity contribution in [2.45, 2.75) is 12.8 Å². The first-order valence-electron chi connectivity index (χ1n) is 5.89. The van der Waals surface area contributed by atoms with E-state index in [1.807, 2.05) is 18.2 Å². The molecule has 0 radical (unpaired) electrons. The van der Waals surface area contributed by atoms with Crippen LogP contribution in [0.15, 0.2) is 42.6 Å². The number of benzene rings is 1. The van der Waals surface area contributed by atoms with E-state index in [-0.39, 0.29) is 5.91 Å². The van der Waals surface area contributed by atoms with Crippen molar-refractivity contribution in [1.82, 2.24) is 4.98 Å². The van der Waals surface area contributed by atoms with Gasteiger partial charge in [-0.05, 0) is 36.2 Å². The Morgan fingerprint density at radius 1 is 1.32 bits per heavy atom. The average Bonchev–Trinajstić information content (AvgIpc) is 2.39. The standard InChI is InChI=1S/C14H14FN3O/c15-13-6-5-12(9-17-13)18-14(19)7-4-10-2-1-3-11(16)8-10/h1-3,5-6,8-9H,4,7,16H2,(H,18,19). The second-order valence-electron chi connectivity index (χ2n) is 4.16. The number of aromatic nitrogens is 1. The Balaban J connectivity index is 1.86. The molecule has 1 aromatic carbocycles. The van der Waals surface area contributed by atoms with Gasteiger partial charge in [0, 0.05) is 12.1 Å². The molecule has 0 aliphatic heterocycles. The van der Waals surface area contributed by atoms with Gasteiger partial charge < -0.3 is 11.1 Å². The number of pyridine rings is 1. The molecule has 0 aliphatic carbocycles. The molecule has 0 saturated heterocycles. The fraction of sp³-hybridized carbons (Fsp3) is 0.143. The van der Waals surface area contributed by atoms with Gasteiger partial charge in [-0.1, -0.05) is 12.1 Å². The largest absolute Gasteiger partial charge is 0.399 e. The number of carbonyl (C=O) groups is 1. The summed E-state index contributed by atoms with van der Waals surface area (Å²) in [6.07, 6.45) is 2.22. The van der Waals surface area contributed by atoms with Crippen molar-refractivity contribution in [3.8, 4) is 0 Å². The van der Waals surface area contributed by atoms with E-state index < -0.39 is 5.95 Å². The van der Waals surface area contributed by atoms with Gasteiger partial charge in [-0.2, -0.15) is 4.39 Å². The second-order valence-corrected chi connectivity index (χ2v) is 4.16. The van der Waals surface area contributed by atoms with Crippen LogP contribution in [0.4, 0.5) is 15.8 Å². The molecule has 2 aromatic rings. The molecule has 0 fully saturated rings. The third-order valence-electron chi connectivity index (χ3n) is 2.60. The van der Waals surface area contributed by atoms with Gasteiger partial charge in [-0.25, -0.2) is 4.98 Å². The lowest BCUT2D eigenvalue weighted by molar-refractivity contribution is -0.116. The molecule has 0 unspecified atom stereocenters. The molecular weight excluding hydrogens is 245 g/mol. The van der Waals surface area contributed by atoms with Crippen molar-refractivity contribution in [2.75, 3.05) is 11.1 Å². The van der Waals surface area contributed by atoms with Crippen molar-refractivity contribution in [2.24, 2.45) is 0 Å². The van der Waals surface area contributed by atoms with Gasteiger partial charge in [0.15, 0.2) is 0 Å². The molecule has 1 amide bonds. The number of halogens is 1. The first-order valence-corrected chi connectivity index (χ1v) is 5.89. The van der Waals surface area contributed by atoms with Gasteiger partial charge in [-0.15, -0.1) is 0 Å². The Kier molecular flexibility index (Phi) is 4.07. The fourth-order valence-corrected chi connectivity index (χ4v) is 1.68. The molecule has 0 atom stereocenters. The topological polar surface area (TPSA) is 68.0 Å². The van der Waals surface area contributed by atoms with Crippen LogP contribution >= 0.6 is 0 Å². The number of aryl methyl sites for hydroxylation is 1. The van der Waals surface area contributed by atoms with Crippen molar-refractivity contribution in [3.05, 3.63) is 54.1 Å². The highest BCUT2D eigenvalue weighted by Gasteiger charge is 2.04. The number of amides is 1. The van der Waals surface area contributed by atoms with E-state index in [4.69, 9.17) is 5.73 Å². The summed E-state index contributed by atoms with van der Waals surface area (Å²) in [5.41, 5.74) is 7.83. The predicted octanol–water partition coefficient (Wildman–Crippen LogP) is 2.37. The number of anilines is 2. The number of nitrogens with two attached hydrogens (primary N) is 1. The Morgan fingerprint density at radius 3 is 2.84 bits per heavy atom. The number of nitrogens with one attached hydrogen (secondary N) is 1. The molecule has 98 valence electrons. The normalized spacial score (nSPS) is 10.2. The van der Waals surface area contributed by atoms with Crippen LogP contribution in [0.25, 0.3) is 0 Å². The van der Waals surface area contributed by atoms with Gasteiger partial charge in [-0.3, -0.25) is 4.79 Å². The summed E-state index contributed by atoms with van der Waals surface area (Å²) in [6, 6.07) is 10.1. The SMILES string of the molecule is Nc1cccc(CCC(=O)Nc2ccc(F)nc2)c1. The van der Waals surface area contributed by atoms with Crippen LogP contribution in [0.1, 0.15) is 12.0 Å². The van der Waals surface area contributed by atoms with Gasteiger partial charge in [0.2, 0.25) is 11.9 Å². The average molecular weight is 259 g/mol. The summed E-state index contributed by atoms with van der Waals surface area (Å²) in [6.45, 7) is 0.